The van der Waals surface area contributed by atoms with Crippen molar-refractivity contribution in [3.05, 3.63) is 41.6 Å². The van der Waals surface area contributed by atoms with Gasteiger partial charge in [-0.3, -0.25) is 0 Å². The zero-order valence-electron chi connectivity index (χ0n) is 10.4. The summed E-state index contributed by atoms with van der Waals surface area (Å²) in [7, 11) is 0. The molecule has 1 aromatic heterocycles. The summed E-state index contributed by atoms with van der Waals surface area (Å²) < 4.78 is 11.3. The van der Waals surface area contributed by atoms with Gasteiger partial charge in [0.15, 0.2) is 0 Å². The maximum atomic E-state index is 5.89. The minimum absolute atomic E-state index is 0.241. The first-order valence-corrected chi connectivity index (χ1v) is 7.53. The van der Waals surface area contributed by atoms with E-state index in [9.17, 15) is 0 Å². The Morgan fingerprint density at radius 1 is 1.16 bits per heavy atom. The molecule has 2 aliphatic heterocycles. The van der Waals surface area contributed by atoms with E-state index in [0.717, 1.165) is 30.6 Å². The Kier molecular flexibility index (Phi) is 2.81. The third-order valence-electron chi connectivity index (χ3n) is 3.73. The molecule has 0 amide bonds. The molecular formula is C14H14N2O2S. The summed E-state index contributed by atoms with van der Waals surface area (Å²) in [5.74, 6) is 3.00. The predicted octanol–water partition coefficient (Wildman–Crippen LogP) is 2.81. The van der Waals surface area contributed by atoms with E-state index in [1.807, 2.05) is 11.8 Å². The standard InChI is InChI=1S/C14H14N2O2S/c1-2-4-12-10(3-1)11(8-19-12)14-16-15-13(18-14)9-5-6-17-7-9/h1-4,9,11H,5-8H2/t9-,11-/m0/s1. The first kappa shape index (κ1) is 11.5. The van der Waals surface area contributed by atoms with Crippen LogP contribution in [0.25, 0.3) is 0 Å². The van der Waals surface area contributed by atoms with Gasteiger partial charge in [-0.2, -0.15) is 0 Å². The number of benzene rings is 1. The highest BCUT2D eigenvalue weighted by Crippen LogP contribution is 2.42. The van der Waals surface area contributed by atoms with Crippen molar-refractivity contribution in [2.75, 3.05) is 19.0 Å². The normalized spacial score (nSPS) is 25.7. The van der Waals surface area contributed by atoms with E-state index in [0.29, 0.717) is 6.61 Å². The molecule has 0 unspecified atom stereocenters. The molecule has 2 aliphatic rings. The number of thioether (sulfide) groups is 1. The topological polar surface area (TPSA) is 48.2 Å². The number of hydrogen-bond acceptors (Lipinski definition) is 5. The summed E-state index contributed by atoms with van der Waals surface area (Å²) in [5, 5.41) is 8.47. The fraction of sp³-hybridized carbons (Fsp3) is 0.429. The van der Waals surface area contributed by atoms with Gasteiger partial charge in [0.05, 0.1) is 18.4 Å². The molecule has 1 aromatic carbocycles. The van der Waals surface area contributed by atoms with E-state index in [1.54, 1.807) is 0 Å². The molecule has 1 fully saturated rings. The van der Waals surface area contributed by atoms with Crippen molar-refractivity contribution in [1.29, 1.82) is 0 Å². The van der Waals surface area contributed by atoms with Crippen LogP contribution < -0.4 is 0 Å². The number of aromatic nitrogens is 2. The minimum Gasteiger partial charge on any atom is -0.424 e. The van der Waals surface area contributed by atoms with Crippen LogP contribution in [-0.2, 0) is 4.74 Å². The highest BCUT2D eigenvalue weighted by Gasteiger charge is 2.30. The van der Waals surface area contributed by atoms with Crippen molar-refractivity contribution >= 4 is 11.8 Å². The van der Waals surface area contributed by atoms with Gasteiger partial charge in [0.1, 0.15) is 0 Å². The highest BCUT2D eigenvalue weighted by molar-refractivity contribution is 7.99. The first-order chi connectivity index (χ1) is 9.42. The van der Waals surface area contributed by atoms with E-state index in [4.69, 9.17) is 9.15 Å². The second-order valence-electron chi connectivity index (χ2n) is 4.94. The highest BCUT2D eigenvalue weighted by atomic mass is 32.2. The molecule has 3 heterocycles. The summed E-state index contributed by atoms with van der Waals surface area (Å²) in [5.41, 5.74) is 1.31. The Morgan fingerprint density at radius 2 is 2.05 bits per heavy atom. The number of rotatable bonds is 2. The lowest BCUT2D eigenvalue weighted by Gasteiger charge is -2.05. The first-order valence-electron chi connectivity index (χ1n) is 6.54. The van der Waals surface area contributed by atoms with Crippen LogP contribution in [0, 0.1) is 0 Å². The lowest BCUT2D eigenvalue weighted by Crippen LogP contribution is -1.99. The van der Waals surface area contributed by atoms with Gasteiger partial charge in [-0.15, -0.1) is 22.0 Å². The third kappa shape index (κ3) is 1.97. The smallest absolute Gasteiger partial charge is 0.224 e. The molecule has 0 N–H and O–H groups in total. The maximum Gasteiger partial charge on any atom is 0.224 e. The minimum atomic E-state index is 0.241. The fourth-order valence-electron chi connectivity index (χ4n) is 2.65. The lowest BCUT2D eigenvalue weighted by atomic mass is 10.0. The summed E-state index contributed by atoms with van der Waals surface area (Å²) in [4.78, 5) is 1.33. The Balaban J connectivity index is 1.63. The van der Waals surface area contributed by atoms with Crippen LogP contribution in [0.3, 0.4) is 0 Å². The Bertz CT molecular complexity index is 593. The molecule has 2 aromatic rings. The van der Waals surface area contributed by atoms with Gasteiger partial charge in [-0.05, 0) is 18.1 Å². The molecule has 0 spiro atoms. The molecule has 5 heteroatoms. The number of nitrogens with zero attached hydrogens (tertiary/aromatic N) is 2. The second-order valence-corrected chi connectivity index (χ2v) is 6.00. The molecule has 0 radical (unpaired) electrons. The molecule has 0 bridgehead atoms. The van der Waals surface area contributed by atoms with Crippen LogP contribution in [0.1, 0.15) is 35.6 Å². The van der Waals surface area contributed by atoms with E-state index < -0.39 is 0 Å². The molecule has 2 atom stereocenters. The number of hydrogen-bond donors (Lipinski definition) is 0. The molecule has 4 rings (SSSR count). The maximum absolute atomic E-state index is 5.89. The summed E-state index contributed by atoms with van der Waals surface area (Å²) in [6, 6.07) is 8.45. The van der Waals surface area contributed by atoms with Crippen LogP contribution in [0.5, 0.6) is 0 Å². The van der Waals surface area contributed by atoms with Gasteiger partial charge in [0.2, 0.25) is 11.8 Å². The van der Waals surface area contributed by atoms with E-state index in [-0.39, 0.29) is 11.8 Å². The zero-order valence-corrected chi connectivity index (χ0v) is 11.2. The number of fused-ring (bicyclic) bond motifs is 1. The molecule has 4 nitrogen and oxygen atoms in total. The lowest BCUT2D eigenvalue weighted by molar-refractivity contribution is 0.190. The van der Waals surface area contributed by atoms with Crippen LogP contribution in [-0.4, -0.2) is 29.2 Å². The monoisotopic (exact) mass is 274 g/mol. The van der Waals surface area contributed by atoms with Crippen LogP contribution in [0.2, 0.25) is 0 Å². The second kappa shape index (κ2) is 4.65. The average molecular weight is 274 g/mol. The van der Waals surface area contributed by atoms with Crippen molar-refractivity contribution in [2.24, 2.45) is 0 Å². The molecule has 0 aliphatic carbocycles. The third-order valence-corrected chi connectivity index (χ3v) is 4.92. The molecular weight excluding hydrogens is 260 g/mol. The SMILES string of the molecule is c1ccc2c(c1)SC[C@@H]2c1nnc([C@H]2CCOC2)o1. The van der Waals surface area contributed by atoms with Crippen molar-refractivity contribution in [2.45, 2.75) is 23.2 Å². The predicted molar refractivity (Wildman–Crippen MR) is 71.5 cm³/mol. The van der Waals surface area contributed by atoms with Gasteiger partial charge in [0, 0.05) is 17.3 Å². The largest absolute Gasteiger partial charge is 0.424 e. The van der Waals surface area contributed by atoms with Crippen molar-refractivity contribution in [3.63, 3.8) is 0 Å². The van der Waals surface area contributed by atoms with Crippen molar-refractivity contribution in [3.8, 4) is 0 Å². The Morgan fingerprint density at radius 3 is 2.95 bits per heavy atom. The molecule has 0 saturated carbocycles. The summed E-state index contributed by atoms with van der Waals surface area (Å²) in [6.07, 6.45) is 0.984. The van der Waals surface area contributed by atoms with Crippen LogP contribution in [0.4, 0.5) is 0 Å². The summed E-state index contributed by atoms with van der Waals surface area (Å²) in [6.45, 7) is 1.50. The van der Waals surface area contributed by atoms with E-state index in [2.05, 4.69) is 34.5 Å². The van der Waals surface area contributed by atoms with Crippen LogP contribution in [0.15, 0.2) is 33.6 Å². The van der Waals surface area contributed by atoms with E-state index in [1.165, 1.54) is 10.5 Å². The number of ether oxygens (including phenoxy) is 1. The molecule has 1 saturated heterocycles. The van der Waals surface area contributed by atoms with Crippen LogP contribution >= 0.6 is 11.8 Å². The van der Waals surface area contributed by atoms with E-state index >= 15 is 0 Å². The van der Waals surface area contributed by atoms with Gasteiger partial charge in [0.25, 0.3) is 0 Å². The van der Waals surface area contributed by atoms with Crippen molar-refractivity contribution < 1.29 is 9.15 Å². The van der Waals surface area contributed by atoms with Gasteiger partial charge in [-0.1, -0.05) is 18.2 Å². The van der Waals surface area contributed by atoms with Crippen molar-refractivity contribution in [1.82, 2.24) is 10.2 Å². The zero-order chi connectivity index (χ0) is 12.7. The summed E-state index contributed by atoms with van der Waals surface area (Å²) >= 11 is 1.86. The Labute approximate surface area is 115 Å². The average Bonchev–Trinajstić information content (AvgIpc) is 3.18. The Hall–Kier alpha value is -1.33. The van der Waals surface area contributed by atoms with Gasteiger partial charge >= 0.3 is 0 Å². The fourth-order valence-corrected chi connectivity index (χ4v) is 3.87. The molecule has 98 valence electrons. The molecule has 19 heavy (non-hydrogen) atoms. The quantitative estimate of drug-likeness (QED) is 0.842. The van der Waals surface area contributed by atoms with Gasteiger partial charge < -0.3 is 9.15 Å². The van der Waals surface area contributed by atoms with Gasteiger partial charge in [-0.25, -0.2) is 0 Å².